The number of nitrogens with zero attached hydrogens (tertiary/aromatic N) is 1. The summed E-state index contributed by atoms with van der Waals surface area (Å²) in [6.07, 6.45) is -0.693. The third kappa shape index (κ3) is 3.48. The number of para-hydroxylation sites is 1. The van der Waals surface area contributed by atoms with Crippen LogP contribution in [0.5, 0.6) is 5.75 Å². The van der Waals surface area contributed by atoms with E-state index in [0.717, 1.165) is 22.3 Å². The van der Waals surface area contributed by atoms with E-state index in [1.54, 1.807) is 20.2 Å². The number of amides is 2. The zero-order chi connectivity index (χ0) is 21.3. The highest BCUT2D eigenvalue weighted by Crippen LogP contribution is 2.44. The van der Waals surface area contributed by atoms with Crippen molar-refractivity contribution in [3.63, 3.8) is 0 Å². The second-order valence-electron chi connectivity index (χ2n) is 7.35. The first kappa shape index (κ1) is 19.5. The molecule has 1 aliphatic rings. The zero-order valence-electron chi connectivity index (χ0n) is 16.8. The van der Waals surface area contributed by atoms with Gasteiger partial charge in [-0.3, -0.25) is 10.1 Å². The zero-order valence-corrected chi connectivity index (χ0v) is 16.8. The van der Waals surface area contributed by atoms with Crippen LogP contribution in [0.1, 0.15) is 27.4 Å². The van der Waals surface area contributed by atoms with Crippen LogP contribution in [0.15, 0.2) is 66.7 Å². The number of hydrogen-bond acceptors (Lipinski definition) is 4. The number of benzene rings is 3. The lowest BCUT2D eigenvalue weighted by molar-refractivity contribution is 0.0824. The fourth-order valence-electron chi connectivity index (χ4n) is 3.80. The smallest absolute Gasteiger partial charge is 0.411 e. The van der Waals surface area contributed by atoms with Crippen LogP contribution < -0.4 is 5.32 Å². The second-order valence-corrected chi connectivity index (χ2v) is 7.35. The number of phenols is 1. The van der Waals surface area contributed by atoms with Crippen LogP contribution in [0.3, 0.4) is 0 Å². The van der Waals surface area contributed by atoms with Gasteiger partial charge in [-0.15, -0.1) is 0 Å². The van der Waals surface area contributed by atoms with Gasteiger partial charge in [0.05, 0.1) is 11.3 Å². The number of anilines is 1. The van der Waals surface area contributed by atoms with Gasteiger partial charge < -0.3 is 14.7 Å². The van der Waals surface area contributed by atoms with Crippen molar-refractivity contribution in [2.24, 2.45) is 0 Å². The molecule has 0 saturated heterocycles. The fourth-order valence-corrected chi connectivity index (χ4v) is 3.80. The minimum Gasteiger partial charge on any atom is -0.505 e. The normalized spacial score (nSPS) is 12.1. The molecule has 30 heavy (non-hydrogen) atoms. The van der Waals surface area contributed by atoms with Crippen molar-refractivity contribution in [2.75, 3.05) is 26.0 Å². The third-order valence-electron chi connectivity index (χ3n) is 5.25. The molecule has 0 bridgehead atoms. The van der Waals surface area contributed by atoms with Gasteiger partial charge >= 0.3 is 6.09 Å². The van der Waals surface area contributed by atoms with Crippen molar-refractivity contribution >= 4 is 17.7 Å². The number of rotatable bonds is 4. The van der Waals surface area contributed by atoms with E-state index in [1.165, 1.54) is 17.0 Å². The topological polar surface area (TPSA) is 78.9 Å². The van der Waals surface area contributed by atoms with Gasteiger partial charge in [0.15, 0.2) is 5.75 Å². The molecular weight excluding hydrogens is 380 g/mol. The highest BCUT2D eigenvalue weighted by molar-refractivity contribution is 6.00. The number of carbonyl (C=O) groups is 2. The van der Waals surface area contributed by atoms with Gasteiger partial charge in [-0.2, -0.15) is 0 Å². The minimum absolute atomic E-state index is 0.0570. The van der Waals surface area contributed by atoms with E-state index in [1.807, 2.05) is 36.4 Å². The molecule has 2 N–H and O–H groups in total. The van der Waals surface area contributed by atoms with E-state index < -0.39 is 6.09 Å². The summed E-state index contributed by atoms with van der Waals surface area (Å²) < 4.78 is 5.49. The third-order valence-corrected chi connectivity index (χ3v) is 5.25. The van der Waals surface area contributed by atoms with E-state index >= 15 is 0 Å². The summed E-state index contributed by atoms with van der Waals surface area (Å²) in [4.78, 5) is 25.9. The maximum atomic E-state index is 12.4. The standard InChI is InChI=1S/C24H22N2O4/c1-26(2)23(28)19-12-7-13-21(22(19)27)25-24(29)30-14-20-17-10-5-3-8-15(17)16-9-4-6-11-18(16)20/h3-13,20,27H,14H2,1-2H3,(H,25,29). The van der Waals surface area contributed by atoms with Crippen LogP contribution in [0.2, 0.25) is 0 Å². The Morgan fingerprint density at radius 2 is 1.53 bits per heavy atom. The van der Waals surface area contributed by atoms with Crippen molar-refractivity contribution in [3.8, 4) is 16.9 Å². The minimum atomic E-state index is -0.693. The number of carbonyl (C=O) groups excluding carboxylic acids is 2. The molecule has 3 aromatic rings. The van der Waals surface area contributed by atoms with E-state index in [0.29, 0.717) is 0 Å². The fraction of sp³-hybridized carbons (Fsp3) is 0.167. The highest BCUT2D eigenvalue weighted by Gasteiger charge is 2.29. The van der Waals surface area contributed by atoms with Gasteiger partial charge in [0.1, 0.15) is 6.61 Å². The molecule has 0 spiro atoms. The Bertz CT molecular complexity index is 1080. The molecule has 3 aromatic carbocycles. The van der Waals surface area contributed by atoms with E-state index in [4.69, 9.17) is 4.74 Å². The number of hydrogen-bond donors (Lipinski definition) is 2. The Hall–Kier alpha value is -3.80. The molecule has 6 nitrogen and oxygen atoms in total. The lowest BCUT2D eigenvalue weighted by atomic mass is 9.98. The summed E-state index contributed by atoms with van der Waals surface area (Å²) in [7, 11) is 3.18. The molecule has 0 radical (unpaired) electrons. The largest absolute Gasteiger partial charge is 0.505 e. The predicted molar refractivity (Wildman–Crippen MR) is 115 cm³/mol. The molecular formula is C24H22N2O4. The van der Waals surface area contributed by atoms with Gasteiger partial charge in [0.25, 0.3) is 5.91 Å². The molecule has 0 fully saturated rings. The first-order valence-corrected chi connectivity index (χ1v) is 9.63. The Morgan fingerprint density at radius 3 is 2.13 bits per heavy atom. The predicted octanol–water partition coefficient (Wildman–Crippen LogP) is 4.46. The molecule has 0 heterocycles. The summed E-state index contributed by atoms with van der Waals surface area (Å²) in [6, 6.07) is 20.8. The van der Waals surface area contributed by atoms with E-state index in [-0.39, 0.29) is 35.4 Å². The van der Waals surface area contributed by atoms with Gasteiger partial charge in [0.2, 0.25) is 0 Å². The number of phenolic OH excluding ortho intramolecular Hbond substituents is 1. The van der Waals surface area contributed by atoms with Crippen LogP contribution in [0.25, 0.3) is 11.1 Å². The van der Waals surface area contributed by atoms with Crippen LogP contribution in [-0.4, -0.2) is 42.7 Å². The summed E-state index contributed by atoms with van der Waals surface area (Å²) in [6.45, 7) is 0.164. The summed E-state index contributed by atoms with van der Waals surface area (Å²) in [5, 5.41) is 12.9. The maximum Gasteiger partial charge on any atom is 0.411 e. The van der Waals surface area contributed by atoms with Crippen molar-refractivity contribution in [3.05, 3.63) is 83.4 Å². The van der Waals surface area contributed by atoms with Crippen LogP contribution in [-0.2, 0) is 4.74 Å². The average Bonchev–Trinajstić information content (AvgIpc) is 3.07. The van der Waals surface area contributed by atoms with Gasteiger partial charge in [-0.25, -0.2) is 4.79 Å². The molecule has 152 valence electrons. The maximum absolute atomic E-state index is 12.4. The Kier molecular flexibility index (Phi) is 5.14. The van der Waals surface area contributed by atoms with Crippen molar-refractivity contribution < 1.29 is 19.4 Å². The molecule has 1 aliphatic carbocycles. The van der Waals surface area contributed by atoms with Crippen LogP contribution in [0, 0.1) is 0 Å². The van der Waals surface area contributed by atoms with Gasteiger partial charge in [0, 0.05) is 20.0 Å². The first-order chi connectivity index (χ1) is 14.5. The van der Waals surface area contributed by atoms with Gasteiger partial charge in [-0.1, -0.05) is 54.6 Å². The van der Waals surface area contributed by atoms with Crippen molar-refractivity contribution in [1.29, 1.82) is 0 Å². The SMILES string of the molecule is CN(C)C(=O)c1cccc(NC(=O)OCC2c3ccccc3-c3ccccc32)c1O. The summed E-state index contributed by atoms with van der Waals surface area (Å²) in [5.74, 6) is -0.702. The molecule has 0 atom stereocenters. The first-order valence-electron chi connectivity index (χ1n) is 9.63. The Labute approximate surface area is 174 Å². The summed E-state index contributed by atoms with van der Waals surface area (Å²) in [5.41, 5.74) is 4.77. The Balaban J connectivity index is 1.49. The van der Waals surface area contributed by atoms with Gasteiger partial charge in [-0.05, 0) is 34.4 Å². The van der Waals surface area contributed by atoms with Crippen molar-refractivity contribution in [2.45, 2.75) is 5.92 Å². The van der Waals surface area contributed by atoms with Crippen LogP contribution in [0.4, 0.5) is 10.5 Å². The van der Waals surface area contributed by atoms with Crippen LogP contribution >= 0.6 is 0 Å². The molecule has 0 aromatic heterocycles. The average molecular weight is 402 g/mol. The van der Waals surface area contributed by atoms with Crippen molar-refractivity contribution in [1.82, 2.24) is 4.90 Å². The number of ether oxygens (including phenoxy) is 1. The lowest BCUT2D eigenvalue weighted by Crippen LogP contribution is -2.22. The Morgan fingerprint density at radius 1 is 0.933 bits per heavy atom. The second kappa shape index (κ2) is 7.91. The quantitative estimate of drug-likeness (QED) is 0.632. The highest BCUT2D eigenvalue weighted by atomic mass is 16.5. The molecule has 0 unspecified atom stereocenters. The molecule has 0 saturated carbocycles. The molecule has 2 amide bonds. The lowest BCUT2D eigenvalue weighted by Gasteiger charge is -2.16. The molecule has 6 heteroatoms. The monoisotopic (exact) mass is 402 g/mol. The summed E-state index contributed by atoms with van der Waals surface area (Å²) >= 11 is 0. The van der Waals surface area contributed by atoms with E-state index in [9.17, 15) is 14.7 Å². The molecule has 0 aliphatic heterocycles. The molecule has 4 rings (SSSR count). The van der Waals surface area contributed by atoms with E-state index in [2.05, 4.69) is 17.4 Å². The number of nitrogens with one attached hydrogen (secondary N) is 1. The number of aromatic hydroxyl groups is 1. The number of fused-ring (bicyclic) bond motifs is 3.